The van der Waals surface area contributed by atoms with Crippen LogP contribution in [0.1, 0.15) is 30.5 Å². The molecule has 0 bridgehead atoms. The van der Waals surface area contributed by atoms with Gasteiger partial charge in [-0.3, -0.25) is 0 Å². The summed E-state index contributed by atoms with van der Waals surface area (Å²) in [5, 5.41) is 7.99. The van der Waals surface area contributed by atoms with Crippen LogP contribution in [0, 0.1) is 0 Å². The summed E-state index contributed by atoms with van der Waals surface area (Å²) in [6.45, 7) is 3.22. The normalized spacial score (nSPS) is 12.3. The Morgan fingerprint density at radius 3 is 2.85 bits per heavy atom. The van der Waals surface area contributed by atoms with Gasteiger partial charge in [-0.1, -0.05) is 19.1 Å². The van der Waals surface area contributed by atoms with Crippen molar-refractivity contribution in [3.05, 3.63) is 50.6 Å². The fourth-order valence-electron chi connectivity index (χ4n) is 2.19. The van der Waals surface area contributed by atoms with Crippen LogP contribution < -0.4 is 10.1 Å². The average Bonchev–Trinajstić information content (AvgIpc) is 2.90. The van der Waals surface area contributed by atoms with Gasteiger partial charge in [0.05, 0.1) is 7.11 Å². The Morgan fingerprint density at radius 1 is 1.35 bits per heavy atom. The molecule has 1 N–H and O–H groups in total. The van der Waals surface area contributed by atoms with Crippen molar-refractivity contribution in [3.8, 4) is 5.75 Å². The molecule has 0 fully saturated rings. The lowest BCUT2D eigenvalue weighted by Gasteiger charge is -2.19. The van der Waals surface area contributed by atoms with Gasteiger partial charge in [0.15, 0.2) is 0 Å². The van der Waals surface area contributed by atoms with Gasteiger partial charge < -0.3 is 10.1 Å². The molecule has 2 aromatic rings. The van der Waals surface area contributed by atoms with Gasteiger partial charge in [0.25, 0.3) is 0 Å². The van der Waals surface area contributed by atoms with Crippen LogP contribution in [0.3, 0.4) is 0 Å². The quantitative estimate of drug-likeness (QED) is 0.771. The third-order valence-corrected chi connectivity index (χ3v) is 4.98. The first-order valence-corrected chi connectivity index (χ1v) is 8.56. The third kappa shape index (κ3) is 4.08. The van der Waals surface area contributed by atoms with Gasteiger partial charge >= 0.3 is 0 Å². The van der Waals surface area contributed by atoms with Crippen LogP contribution in [-0.2, 0) is 6.42 Å². The zero-order valence-electron chi connectivity index (χ0n) is 11.9. The third-order valence-electron chi connectivity index (χ3n) is 3.23. The predicted molar refractivity (Wildman–Crippen MR) is 89.8 cm³/mol. The minimum atomic E-state index is 0.336. The van der Waals surface area contributed by atoms with Gasteiger partial charge in [-0.15, -0.1) is 0 Å². The fourth-order valence-corrected chi connectivity index (χ4v) is 3.81. The van der Waals surface area contributed by atoms with Crippen molar-refractivity contribution < 1.29 is 4.74 Å². The molecule has 2 nitrogen and oxygen atoms in total. The van der Waals surface area contributed by atoms with Crippen LogP contribution in [0.15, 0.2) is 39.5 Å². The summed E-state index contributed by atoms with van der Waals surface area (Å²) >= 11 is 5.38. The molecule has 1 aromatic heterocycles. The van der Waals surface area contributed by atoms with Gasteiger partial charge in [0.2, 0.25) is 0 Å². The lowest BCUT2D eigenvalue weighted by molar-refractivity contribution is 0.413. The molecule has 0 aliphatic heterocycles. The zero-order valence-corrected chi connectivity index (χ0v) is 14.3. The highest BCUT2D eigenvalue weighted by molar-refractivity contribution is 9.10. The van der Waals surface area contributed by atoms with Crippen molar-refractivity contribution in [3.63, 3.8) is 0 Å². The van der Waals surface area contributed by atoms with E-state index in [0.717, 1.165) is 25.1 Å². The Bertz CT molecular complexity index is 541. The maximum absolute atomic E-state index is 5.30. The first-order valence-electron chi connectivity index (χ1n) is 6.82. The molecule has 0 aliphatic carbocycles. The van der Waals surface area contributed by atoms with Gasteiger partial charge in [0.1, 0.15) is 5.75 Å². The Morgan fingerprint density at radius 2 is 2.20 bits per heavy atom. The highest BCUT2D eigenvalue weighted by Crippen LogP contribution is 2.30. The maximum Gasteiger partial charge on any atom is 0.119 e. The first-order chi connectivity index (χ1) is 9.74. The minimum Gasteiger partial charge on any atom is -0.497 e. The van der Waals surface area contributed by atoms with Crippen LogP contribution >= 0.6 is 27.3 Å². The number of hydrogen-bond donors (Lipinski definition) is 1. The molecule has 2 rings (SSSR count). The molecule has 108 valence electrons. The molecular weight excluding hydrogens is 334 g/mol. The van der Waals surface area contributed by atoms with E-state index in [1.165, 1.54) is 15.6 Å². The predicted octanol–water partition coefficient (Wildman–Crippen LogP) is 4.80. The number of hydrogen-bond acceptors (Lipinski definition) is 3. The molecule has 4 heteroatoms. The number of halogens is 1. The zero-order chi connectivity index (χ0) is 14.4. The summed E-state index contributed by atoms with van der Waals surface area (Å²) in [6.07, 6.45) is 2.10. The number of methoxy groups -OCH3 is 1. The topological polar surface area (TPSA) is 21.3 Å². The molecular formula is C16H20BrNOS. The standard InChI is InChI=1S/C16H20BrNOS/c1-3-7-18-16(14-10-20-11-15(14)17)9-12-5-4-6-13(8-12)19-2/h4-6,8,10-11,16,18H,3,7,9H2,1-2H3. The number of nitrogens with one attached hydrogen (secondary N) is 1. The van der Waals surface area contributed by atoms with Crippen molar-refractivity contribution in [1.82, 2.24) is 5.32 Å². The van der Waals surface area contributed by atoms with E-state index in [9.17, 15) is 0 Å². The first kappa shape index (κ1) is 15.5. The van der Waals surface area contributed by atoms with E-state index in [0.29, 0.717) is 6.04 Å². The summed E-state index contributed by atoms with van der Waals surface area (Å²) < 4.78 is 6.50. The molecule has 1 unspecified atom stereocenters. The average molecular weight is 354 g/mol. The summed E-state index contributed by atoms with van der Waals surface area (Å²) in [6, 6.07) is 8.64. The molecule has 0 amide bonds. The van der Waals surface area contributed by atoms with E-state index in [2.05, 4.69) is 51.1 Å². The summed E-state index contributed by atoms with van der Waals surface area (Å²) in [5.41, 5.74) is 2.63. The van der Waals surface area contributed by atoms with E-state index >= 15 is 0 Å². The molecule has 1 aromatic carbocycles. The lowest BCUT2D eigenvalue weighted by Crippen LogP contribution is -2.24. The van der Waals surface area contributed by atoms with Crippen molar-refractivity contribution in [2.75, 3.05) is 13.7 Å². The second kappa shape index (κ2) is 7.81. The highest BCUT2D eigenvalue weighted by Gasteiger charge is 2.15. The van der Waals surface area contributed by atoms with Crippen molar-refractivity contribution in [2.45, 2.75) is 25.8 Å². The van der Waals surface area contributed by atoms with Crippen LogP contribution in [-0.4, -0.2) is 13.7 Å². The maximum atomic E-state index is 5.30. The van der Waals surface area contributed by atoms with Crippen molar-refractivity contribution in [1.29, 1.82) is 0 Å². The monoisotopic (exact) mass is 353 g/mol. The van der Waals surface area contributed by atoms with Gasteiger partial charge in [-0.05, 0) is 64.0 Å². The summed E-state index contributed by atoms with van der Waals surface area (Å²) in [7, 11) is 1.71. The second-order valence-electron chi connectivity index (χ2n) is 4.74. The van der Waals surface area contributed by atoms with Crippen LogP contribution in [0.4, 0.5) is 0 Å². The van der Waals surface area contributed by atoms with Crippen molar-refractivity contribution in [2.24, 2.45) is 0 Å². The molecule has 0 radical (unpaired) electrons. The largest absolute Gasteiger partial charge is 0.497 e. The Kier molecular flexibility index (Phi) is 6.07. The molecule has 0 aliphatic rings. The van der Waals surface area contributed by atoms with E-state index < -0.39 is 0 Å². The van der Waals surface area contributed by atoms with Gasteiger partial charge in [-0.2, -0.15) is 11.3 Å². The van der Waals surface area contributed by atoms with E-state index in [1.807, 2.05) is 12.1 Å². The fraction of sp³-hybridized carbons (Fsp3) is 0.375. The molecule has 0 saturated heterocycles. The number of thiophene rings is 1. The van der Waals surface area contributed by atoms with Crippen molar-refractivity contribution >= 4 is 27.3 Å². The van der Waals surface area contributed by atoms with Crippen LogP contribution in [0.2, 0.25) is 0 Å². The minimum absolute atomic E-state index is 0.336. The van der Waals surface area contributed by atoms with E-state index in [-0.39, 0.29) is 0 Å². The van der Waals surface area contributed by atoms with E-state index in [1.54, 1.807) is 18.4 Å². The molecule has 20 heavy (non-hydrogen) atoms. The smallest absolute Gasteiger partial charge is 0.119 e. The second-order valence-corrected chi connectivity index (χ2v) is 6.34. The number of benzene rings is 1. The summed E-state index contributed by atoms with van der Waals surface area (Å²) in [4.78, 5) is 0. The lowest BCUT2D eigenvalue weighted by atomic mass is 10.0. The SMILES string of the molecule is CCCNC(Cc1cccc(OC)c1)c1cscc1Br. The molecule has 1 heterocycles. The molecule has 1 atom stereocenters. The van der Waals surface area contributed by atoms with Gasteiger partial charge in [-0.25, -0.2) is 0 Å². The van der Waals surface area contributed by atoms with Crippen LogP contribution in [0.25, 0.3) is 0 Å². The highest BCUT2D eigenvalue weighted by atomic mass is 79.9. The summed E-state index contributed by atoms with van der Waals surface area (Å²) in [5.74, 6) is 0.918. The van der Waals surface area contributed by atoms with Crippen LogP contribution in [0.5, 0.6) is 5.75 Å². The molecule has 0 saturated carbocycles. The number of ether oxygens (including phenoxy) is 1. The molecule has 0 spiro atoms. The Labute approximate surface area is 133 Å². The Hall–Kier alpha value is -0.840. The number of rotatable bonds is 7. The Balaban J connectivity index is 2.17. The van der Waals surface area contributed by atoms with Gasteiger partial charge in [0, 0.05) is 15.9 Å². The van der Waals surface area contributed by atoms with E-state index in [4.69, 9.17) is 4.74 Å².